The first kappa shape index (κ1) is 22.1. The third-order valence-corrected chi connectivity index (χ3v) is 3.57. The zero-order valence-corrected chi connectivity index (χ0v) is 17.8. The molecule has 144 valence electrons. The third kappa shape index (κ3) is 7.94. The van der Waals surface area contributed by atoms with Crippen molar-refractivity contribution in [1.29, 1.82) is 0 Å². The van der Waals surface area contributed by atoms with Crippen LogP contribution in [0.5, 0.6) is 11.5 Å². The van der Waals surface area contributed by atoms with Crippen molar-refractivity contribution in [3.8, 4) is 11.5 Å². The number of methoxy groups -OCH3 is 1. The van der Waals surface area contributed by atoms with Gasteiger partial charge in [-0.1, -0.05) is 6.07 Å². The van der Waals surface area contributed by atoms with Crippen molar-refractivity contribution in [2.75, 3.05) is 27.2 Å². The van der Waals surface area contributed by atoms with Crippen LogP contribution < -0.4 is 20.1 Å². The number of rotatable bonds is 9. The first-order valence-corrected chi connectivity index (χ1v) is 8.44. The van der Waals surface area contributed by atoms with Crippen molar-refractivity contribution < 1.29 is 9.47 Å². The van der Waals surface area contributed by atoms with Gasteiger partial charge in [-0.3, -0.25) is 9.67 Å². The smallest absolute Gasteiger partial charge is 0.191 e. The molecule has 1 aromatic heterocycles. The maximum absolute atomic E-state index is 5.89. The Hall–Kier alpha value is -1.97. The van der Waals surface area contributed by atoms with Gasteiger partial charge in [-0.15, -0.1) is 24.0 Å². The van der Waals surface area contributed by atoms with E-state index in [-0.39, 0.29) is 30.1 Å². The predicted molar refractivity (Wildman–Crippen MR) is 115 cm³/mol. The molecule has 0 aliphatic heterocycles. The van der Waals surface area contributed by atoms with Gasteiger partial charge in [-0.05, 0) is 31.5 Å². The van der Waals surface area contributed by atoms with Crippen LogP contribution in [-0.2, 0) is 6.54 Å². The topological polar surface area (TPSA) is 72.7 Å². The maximum atomic E-state index is 5.89. The molecule has 8 heteroatoms. The number of aliphatic imine (C=N–C) groups is 1. The molecular formula is C18H28IN5O2. The second kappa shape index (κ2) is 12.4. The van der Waals surface area contributed by atoms with E-state index in [1.807, 2.05) is 48.1 Å². The van der Waals surface area contributed by atoms with Crippen LogP contribution in [0.2, 0.25) is 0 Å². The molecular weight excluding hydrogens is 445 g/mol. The Morgan fingerprint density at radius 2 is 2.08 bits per heavy atom. The summed E-state index contributed by atoms with van der Waals surface area (Å²) in [5.41, 5.74) is 0. The number of hydrogen-bond donors (Lipinski definition) is 2. The summed E-state index contributed by atoms with van der Waals surface area (Å²) >= 11 is 0. The van der Waals surface area contributed by atoms with Crippen molar-refractivity contribution in [2.24, 2.45) is 4.99 Å². The van der Waals surface area contributed by atoms with E-state index in [4.69, 9.17) is 9.47 Å². The van der Waals surface area contributed by atoms with Gasteiger partial charge in [0.25, 0.3) is 0 Å². The number of aromatic nitrogens is 2. The Morgan fingerprint density at radius 1 is 1.27 bits per heavy atom. The van der Waals surface area contributed by atoms with E-state index in [1.54, 1.807) is 20.4 Å². The van der Waals surface area contributed by atoms with E-state index < -0.39 is 0 Å². The largest absolute Gasteiger partial charge is 0.497 e. The van der Waals surface area contributed by atoms with Gasteiger partial charge in [-0.2, -0.15) is 5.10 Å². The molecule has 0 aliphatic carbocycles. The van der Waals surface area contributed by atoms with Gasteiger partial charge in [-0.25, -0.2) is 0 Å². The highest BCUT2D eigenvalue weighted by atomic mass is 127. The Bertz CT molecular complexity index is 649. The van der Waals surface area contributed by atoms with E-state index >= 15 is 0 Å². The van der Waals surface area contributed by atoms with Crippen molar-refractivity contribution >= 4 is 29.9 Å². The molecule has 2 aromatic rings. The van der Waals surface area contributed by atoms with Crippen LogP contribution in [-0.4, -0.2) is 49.1 Å². The standard InChI is InChI=1S/C18H27N5O2.HI/c1-15(25-17-8-4-7-16(13-17)24-3)14-21-18(19-2)20-9-5-11-23-12-6-10-22-23;/h4,6-8,10,12-13,15H,5,9,11,14H2,1-3H3,(H2,19,20,21);1H. The molecule has 0 amide bonds. The van der Waals surface area contributed by atoms with Gasteiger partial charge in [0.2, 0.25) is 0 Å². The second-order valence-corrected chi connectivity index (χ2v) is 5.61. The molecule has 1 atom stereocenters. The zero-order chi connectivity index (χ0) is 17.9. The molecule has 0 fully saturated rings. The lowest BCUT2D eigenvalue weighted by atomic mass is 10.3. The summed E-state index contributed by atoms with van der Waals surface area (Å²) in [5, 5.41) is 10.7. The Kier molecular flexibility index (Phi) is 10.5. The van der Waals surface area contributed by atoms with E-state index in [2.05, 4.69) is 20.7 Å². The molecule has 1 unspecified atom stereocenters. The molecule has 26 heavy (non-hydrogen) atoms. The molecule has 0 bridgehead atoms. The fourth-order valence-electron chi connectivity index (χ4n) is 2.29. The number of nitrogens with zero attached hydrogens (tertiary/aromatic N) is 3. The van der Waals surface area contributed by atoms with Crippen molar-refractivity contribution in [2.45, 2.75) is 26.0 Å². The number of guanidine groups is 1. The number of nitrogens with one attached hydrogen (secondary N) is 2. The summed E-state index contributed by atoms with van der Waals surface area (Å²) in [4.78, 5) is 4.23. The highest BCUT2D eigenvalue weighted by Gasteiger charge is 2.06. The van der Waals surface area contributed by atoms with Crippen LogP contribution in [0.25, 0.3) is 0 Å². The summed E-state index contributed by atoms with van der Waals surface area (Å²) in [6.45, 7) is 4.37. The number of ether oxygens (including phenoxy) is 2. The molecule has 1 heterocycles. The number of benzene rings is 1. The fourth-order valence-corrected chi connectivity index (χ4v) is 2.29. The lowest BCUT2D eigenvalue weighted by Crippen LogP contribution is -2.42. The molecule has 0 radical (unpaired) electrons. The third-order valence-electron chi connectivity index (χ3n) is 3.57. The Labute approximate surface area is 172 Å². The number of aryl methyl sites for hydroxylation is 1. The first-order chi connectivity index (χ1) is 12.2. The SMILES string of the molecule is CN=C(NCCCn1cccn1)NCC(C)Oc1cccc(OC)c1.I. The highest BCUT2D eigenvalue weighted by Crippen LogP contribution is 2.19. The van der Waals surface area contributed by atoms with Gasteiger partial charge in [0.1, 0.15) is 17.6 Å². The van der Waals surface area contributed by atoms with E-state index in [9.17, 15) is 0 Å². The highest BCUT2D eigenvalue weighted by molar-refractivity contribution is 14.0. The quantitative estimate of drug-likeness (QED) is 0.254. The molecule has 0 spiro atoms. The minimum absolute atomic E-state index is 0. The minimum Gasteiger partial charge on any atom is -0.497 e. The van der Waals surface area contributed by atoms with Crippen LogP contribution in [0.4, 0.5) is 0 Å². The van der Waals surface area contributed by atoms with Crippen LogP contribution in [0.15, 0.2) is 47.7 Å². The molecule has 2 rings (SSSR count). The van der Waals surface area contributed by atoms with Gasteiger partial charge in [0.05, 0.1) is 13.7 Å². The summed E-state index contributed by atoms with van der Waals surface area (Å²) in [6, 6.07) is 9.52. The molecule has 0 saturated carbocycles. The molecule has 7 nitrogen and oxygen atoms in total. The molecule has 2 N–H and O–H groups in total. The average molecular weight is 473 g/mol. The summed E-state index contributed by atoms with van der Waals surface area (Å²) in [5.74, 6) is 2.34. The summed E-state index contributed by atoms with van der Waals surface area (Å²) in [6.07, 6.45) is 4.72. The van der Waals surface area contributed by atoms with E-state index in [0.29, 0.717) is 6.54 Å². The molecule has 0 aliphatic rings. The Morgan fingerprint density at radius 3 is 2.77 bits per heavy atom. The predicted octanol–water partition coefficient (Wildman–Crippen LogP) is 2.53. The van der Waals surface area contributed by atoms with Crippen LogP contribution in [0.3, 0.4) is 0 Å². The lowest BCUT2D eigenvalue weighted by molar-refractivity contribution is 0.223. The minimum atomic E-state index is -0.00488. The average Bonchev–Trinajstić information content (AvgIpc) is 3.14. The fraction of sp³-hybridized carbons (Fsp3) is 0.444. The monoisotopic (exact) mass is 473 g/mol. The van der Waals surface area contributed by atoms with Gasteiger partial charge < -0.3 is 20.1 Å². The van der Waals surface area contributed by atoms with Gasteiger partial charge >= 0.3 is 0 Å². The summed E-state index contributed by atoms with van der Waals surface area (Å²) < 4.78 is 13.0. The number of halogens is 1. The molecule has 1 aromatic carbocycles. The van der Waals surface area contributed by atoms with Crippen LogP contribution in [0, 0.1) is 0 Å². The lowest BCUT2D eigenvalue weighted by Gasteiger charge is -2.18. The normalized spacial score (nSPS) is 12.0. The van der Waals surface area contributed by atoms with Crippen LogP contribution >= 0.6 is 24.0 Å². The Balaban J connectivity index is 0.00000338. The molecule has 0 saturated heterocycles. The van der Waals surface area contributed by atoms with Gasteiger partial charge in [0.15, 0.2) is 5.96 Å². The van der Waals surface area contributed by atoms with E-state index in [0.717, 1.165) is 37.0 Å². The van der Waals surface area contributed by atoms with Crippen molar-refractivity contribution in [1.82, 2.24) is 20.4 Å². The zero-order valence-electron chi connectivity index (χ0n) is 15.5. The maximum Gasteiger partial charge on any atom is 0.191 e. The summed E-state index contributed by atoms with van der Waals surface area (Å²) in [7, 11) is 3.41. The van der Waals surface area contributed by atoms with Gasteiger partial charge in [0, 0.05) is 38.6 Å². The second-order valence-electron chi connectivity index (χ2n) is 5.61. The van der Waals surface area contributed by atoms with Crippen molar-refractivity contribution in [3.05, 3.63) is 42.7 Å². The van der Waals surface area contributed by atoms with E-state index in [1.165, 1.54) is 0 Å². The first-order valence-electron chi connectivity index (χ1n) is 8.44. The number of hydrogen-bond acceptors (Lipinski definition) is 4. The van der Waals surface area contributed by atoms with Crippen LogP contribution in [0.1, 0.15) is 13.3 Å². The van der Waals surface area contributed by atoms with Crippen molar-refractivity contribution in [3.63, 3.8) is 0 Å².